The van der Waals surface area contributed by atoms with Gasteiger partial charge in [0.15, 0.2) is 5.11 Å². The van der Waals surface area contributed by atoms with Crippen LogP contribution >= 0.6 is 12.2 Å². The summed E-state index contributed by atoms with van der Waals surface area (Å²) in [4.78, 5) is 12.4. The Balaban J connectivity index is 2.50. The van der Waals surface area contributed by atoms with E-state index in [1.54, 1.807) is 0 Å². The average molecular weight is 304 g/mol. The van der Waals surface area contributed by atoms with E-state index in [1.807, 2.05) is 37.3 Å². The third-order valence-electron chi connectivity index (χ3n) is 3.30. The standard InChI is InChI=1S/C16H20N2O2S/c1-3-8-12-13(15(19)20-4-2)14(18-16(21)17-12)11-9-6-5-7-10-11/h5-7,9-10,12H,3-4,8H2,1-2H3,(H2,17,18,21). The van der Waals surface area contributed by atoms with Crippen molar-refractivity contribution in [1.82, 2.24) is 10.6 Å². The van der Waals surface area contributed by atoms with E-state index in [1.165, 1.54) is 0 Å². The largest absolute Gasteiger partial charge is 0.463 e. The lowest BCUT2D eigenvalue weighted by atomic mass is 9.95. The van der Waals surface area contributed by atoms with Crippen molar-refractivity contribution in [3.8, 4) is 0 Å². The number of hydrogen-bond acceptors (Lipinski definition) is 3. The van der Waals surface area contributed by atoms with Crippen LogP contribution in [0.25, 0.3) is 5.70 Å². The summed E-state index contributed by atoms with van der Waals surface area (Å²) in [6.45, 7) is 4.25. The molecule has 1 aromatic rings. The zero-order valence-electron chi connectivity index (χ0n) is 12.3. The quantitative estimate of drug-likeness (QED) is 0.647. The Labute approximate surface area is 130 Å². The number of hydrogen-bond donors (Lipinski definition) is 2. The SMILES string of the molecule is CCCC1NC(=S)NC(c2ccccc2)=C1C(=O)OCC. The molecule has 4 nitrogen and oxygen atoms in total. The van der Waals surface area contributed by atoms with Gasteiger partial charge in [0, 0.05) is 0 Å². The normalized spacial score (nSPS) is 18.0. The predicted molar refractivity (Wildman–Crippen MR) is 87.6 cm³/mol. The topological polar surface area (TPSA) is 50.4 Å². The minimum Gasteiger partial charge on any atom is -0.463 e. The van der Waals surface area contributed by atoms with Gasteiger partial charge in [0.1, 0.15) is 0 Å². The lowest BCUT2D eigenvalue weighted by Gasteiger charge is -2.30. The van der Waals surface area contributed by atoms with Crippen LogP contribution in [0.2, 0.25) is 0 Å². The van der Waals surface area contributed by atoms with Crippen molar-refractivity contribution in [1.29, 1.82) is 0 Å². The molecule has 0 saturated heterocycles. The first-order valence-corrected chi connectivity index (χ1v) is 7.62. The fourth-order valence-electron chi connectivity index (χ4n) is 2.41. The molecule has 2 N–H and O–H groups in total. The second-order valence-corrected chi connectivity index (χ2v) is 5.22. The highest BCUT2D eigenvalue weighted by Crippen LogP contribution is 2.25. The third-order valence-corrected chi connectivity index (χ3v) is 3.52. The van der Waals surface area contributed by atoms with Crippen LogP contribution in [-0.2, 0) is 9.53 Å². The Morgan fingerprint density at radius 3 is 2.62 bits per heavy atom. The minimum atomic E-state index is -0.294. The summed E-state index contributed by atoms with van der Waals surface area (Å²) in [5, 5.41) is 6.82. The first-order valence-electron chi connectivity index (χ1n) is 7.21. The van der Waals surface area contributed by atoms with Gasteiger partial charge >= 0.3 is 5.97 Å². The Morgan fingerprint density at radius 1 is 1.29 bits per heavy atom. The summed E-state index contributed by atoms with van der Waals surface area (Å²) < 4.78 is 5.22. The Morgan fingerprint density at radius 2 is 2.00 bits per heavy atom. The highest BCUT2D eigenvalue weighted by atomic mass is 32.1. The fraction of sp³-hybridized carbons (Fsp3) is 0.375. The number of benzene rings is 1. The van der Waals surface area contributed by atoms with Crippen molar-refractivity contribution in [3.05, 3.63) is 41.5 Å². The molecule has 1 aliphatic rings. The molecule has 0 aliphatic carbocycles. The fourth-order valence-corrected chi connectivity index (χ4v) is 2.66. The first-order chi connectivity index (χ1) is 10.2. The summed E-state index contributed by atoms with van der Waals surface area (Å²) in [6, 6.07) is 9.62. The monoisotopic (exact) mass is 304 g/mol. The molecule has 21 heavy (non-hydrogen) atoms. The first kappa shape index (κ1) is 15.5. The molecule has 1 unspecified atom stereocenters. The van der Waals surface area contributed by atoms with Crippen LogP contribution in [0, 0.1) is 0 Å². The maximum Gasteiger partial charge on any atom is 0.338 e. The van der Waals surface area contributed by atoms with E-state index in [0.717, 1.165) is 24.1 Å². The van der Waals surface area contributed by atoms with Crippen LogP contribution in [0.4, 0.5) is 0 Å². The van der Waals surface area contributed by atoms with Gasteiger partial charge in [0.2, 0.25) is 0 Å². The van der Waals surface area contributed by atoms with Crippen molar-refractivity contribution in [2.24, 2.45) is 0 Å². The average Bonchev–Trinajstić information content (AvgIpc) is 2.48. The van der Waals surface area contributed by atoms with E-state index in [2.05, 4.69) is 17.6 Å². The lowest BCUT2D eigenvalue weighted by Crippen LogP contribution is -2.49. The Bertz CT molecular complexity index is 555. The van der Waals surface area contributed by atoms with Gasteiger partial charge in [0.05, 0.1) is 23.9 Å². The highest BCUT2D eigenvalue weighted by molar-refractivity contribution is 7.80. The van der Waals surface area contributed by atoms with Gasteiger partial charge in [-0.3, -0.25) is 0 Å². The Kier molecular flexibility index (Phi) is 5.33. The second-order valence-electron chi connectivity index (χ2n) is 4.81. The van der Waals surface area contributed by atoms with E-state index in [4.69, 9.17) is 17.0 Å². The molecule has 0 amide bonds. The molecule has 0 radical (unpaired) electrons. The maximum absolute atomic E-state index is 12.4. The summed E-state index contributed by atoms with van der Waals surface area (Å²) in [7, 11) is 0. The number of esters is 1. The van der Waals surface area contributed by atoms with Crippen molar-refractivity contribution in [3.63, 3.8) is 0 Å². The van der Waals surface area contributed by atoms with Gasteiger partial charge in [-0.25, -0.2) is 4.79 Å². The molecular formula is C16H20N2O2S. The van der Waals surface area contributed by atoms with Gasteiger partial charge in [-0.2, -0.15) is 0 Å². The van der Waals surface area contributed by atoms with Gasteiger partial charge in [-0.15, -0.1) is 0 Å². The molecule has 1 aliphatic heterocycles. The van der Waals surface area contributed by atoms with E-state index >= 15 is 0 Å². The van der Waals surface area contributed by atoms with Gasteiger partial charge in [-0.1, -0.05) is 43.7 Å². The smallest absolute Gasteiger partial charge is 0.338 e. The predicted octanol–water partition coefficient (Wildman–Crippen LogP) is 2.61. The van der Waals surface area contributed by atoms with Gasteiger partial charge < -0.3 is 15.4 Å². The van der Waals surface area contributed by atoms with Crippen LogP contribution in [0.5, 0.6) is 0 Å². The van der Waals surface area contributed by atoms with Crippen molar-refractivity contribution >= 4 is 29.0 Å². The molecule has 2 rings (SSSR count). The summed E-state index contributed by atoms with van der Waals surface area (Å²) in [5.74, 6) is -0.294. The molecule has 1 aromatic carbocycles. The maximum atomic E-state index is 12.4. The van der Waals surface area contributed by atoms with Crippen molar-refractivity contribution in [2.75, 3.05) is 6.61 Å². The second kappa shape index (κ2) is 7.22. The zero-order chi connectivity index (χ0) is 15.2. The van der Waals surface area contributed by atoms with E-state index in [-0.39, 0.29) is 12.0 Å². The molecule has 0 saturated carbocycles. The van der Waals surface area contributed by atoms with Crippen LogP contribution < -0.4 is 10.6 Å². The number of ether oxygens (including phenoxy) is 1. The van der Waals surface area contributed by atoms with Gasteiger partial charge in [0.25, 0.3) is 0 Å². The molecule has 0 aromatic heterocycles. The number of thiocarbonyl (C=S) groups is 1. The van der Waals surface area contributed by atoms with Crippen LogP contribution in [0.3, 0.4) is 0 Å². The van der Waals surface area contributed by atoms with E-state index in [0.29, 0.717) is 17.3 Å². The molecule has 5 heteroatoms. The molecule has 0 bridgehead atoms. The lowest BCUT2D eigenvalue weighted by molar-refractivity contribution is -0.138. The number of nitrogens with one attached hydrogen (secondary N) is 2. The summed E-state index contributed by atoms with van der Waals surface area (Å²) in [6.07, 6.45) is 1.78. The number of carbonyl (C=O) groups is 1. The van der Waals surface area contributed by atoms with Crippen LogP contribution in [0.15, 0.2) is 35.9 Å². The molecule has 0 spiro atoms. The van der Waals surface area contributed by atoms with E-state index < -0.39 is 0 Å². The number of carbonyl (C=O) groups excluding carboxylic acids is 1. The van der Waals surface area contributed by atoms with E-state index in [9.17, 15) is 4.79 Å². The molecular weight excluding hydrogens is 284 g/mol. The molecule has 112 valence electrons. The van der Waals surface area contributed by atoms with Crippen molar-refractivity contribution < 1.29 is 9.53 Å². The van der Waals surface area contributed by atoms with Crippen LogP contribution in [0.1, 0.15) is 32.3 Å². The summed E-state index contributed by atoms with van der Waals surface area (Å²) in [5.41, 5.74) is 2.31. The van der Waals surface area contributed by atoms with Gasteiger partial charge in [-0.05, 0) is 31.1 Å². The summed E-state index contributed by atoms with van der Waals surface area (Å²) >= 11 is 5.27. The molecule has 1 atom stereocenters. The highest BCUT2D eigenvalue weighted by Gasteiger charge is 2.31. The molecule has 0 fully saturated rings. The van der Waals surface area contributed by atoms with Crippen LogP contribution in [-0.4, -0.2) is 23.7 Å². The Hall–Kier alpha value is -1.88. The minimum absolute atomic E-state index is 0.113. The third kappa shape index (κ3) is 3.61. The zero-order valence-corrected chi connectivity index (χ0v) is 13.1. The van der Waals surface area contributed by atoms with Crippen molar-refractivity contribution in [2.45, 2.75) is 32.7 Å². The molecule has 1 heterocycles. The number of rotatable bonds is 5.